The first kappa shape index (κ1) is 20.3. The number of hydrogen-bond acceptors (Lipinski definition) is 5. The summed E-state index contributed by atoms with van der Waals surface area (Å²) in [6, 6.07) is 5.83. The summed E-state index contributed by atoms with van der Waals surface area (Å²) < 4.78 is 2.73. The minimum Gasteiger partial charge on any atom is -0.383 e. The Bertz CT molecular complexity index is 1300. The van der Waals surface area contributed by atoms with E-state index in [-0.39, 0.29) is 5.91 Å². The van der Waals surface area contributed by atoms with Crippen LogP contribution in [0.1, 0.15) is 34.1 Å². The van der Waals surface area contributed by atoms with Crippen LogP contribution in [0, 0.1) is 13.8 Å². The van der Waals surface area contributed by atoms with Crippen molar-refractivity contribution < 1.29 is 4.79 Å². The molecule has 0 spiro atoms. The van der Waals surface area contributed by atoms with Gasteiger partial charge in [-0.25, -0.2) is 4.98 Å². The Hall–Kier alpha value is -3.00. The number of aryl methyl sites for hydroxylation is 3. The molecular formula is C22H23BrN6O. The highest BCUT2D eigenvalue weighted by Gasteiger charge is 2.20. The number of nitrogens with zero attached hydrogens (tertiary/aromatic N) is 5. The molecule has 154 valence electrons. The molecule has 0 aliphatic carbocycles. The van der Waals surface area contributed by atoms with Crippen molar-refractivity contribution in [3.8, 4) is 0 Å². The van der Waals surface area contributed by atoms with Crippen molar-refractivity contribution in [3.05, 3.63) is 57.4 Å². The predicted octanol–water partition coefficient (Wildman–Crippen LogP) is 4.14. The van der Waals surface area contributed by atoms with Gasteiger partial charge >= 0.3 is 0 Å². The van der Waals surface area contributed by atoms with E-state index in [1.54, 1.807) is 22.0 Å². The summed E-state index contributed by atoms with van der Waals surface area (Å²) in [5, 5.41) is 5.96. The Morgan fingerprint density at radius 1 is 1.17 bits per heavy atom. The third-order valence-electron chi connectivity index (χ3n) is 5.41. The first-order chi connectivity index (χ1) is 14.3. The third-order valence-corrected chi connectivity index (χ3v) is 6.24. The summed E-state index contributed by atoms with van der Waals surface area (Å²) >= 11 is 3.47. The van der Waals surface area contributed by atoms with E-state index in [9.17, 15) is 4.79 Å². The van der Waals surface area contributed by atoms with Crippen LogP contribution in [0.15, 0.2) is 35.1 Å². The second kappa shape index (κ2) is 7.68. The number of nitrogens with two attached hydrogens (primary N) is 1. The van der Waals surface area contributed by atoms with Gasteiger partial charge in [0.05, 0.1) is 34.9 Å². The number of amides is 1. The van der Waals surface area contributed by atoms with E-state index in [1.807, 2.05) is 46.0 Å². The van der Waals surface area contributed by atoms with E-state index in [4.69, 9.17) is 5.73 Å². The number of hydrogen-bond donors (Lipinski definition) is 1. The maximum Gasteiger partial charge on any atom is 0.254 e. The molecule has 0 atom stereocenters. The monoisotopic (exact) mass is 466 g/mol. The Labute approximate surface area is 183 Å². The summed E-state index contributed by atoms with van der Waals surface area (Å²) in [6.07, 6.45) is 3.48. The molecule has 30 heavy (non-hydrogen) atoms. The Kier molecular flexibility index (Phi) is 5.19. The van der Waals surface area contributed by atoms with E-state index in [0.717, 1.165) is 43.1 Å². The number of fused-ring (bicyclic) bond motifs is 3. The standard InChI is InChI=1S/C22H23BrN6O/c1-5-29(11-14-6-13(3)18(23)10-25-14)22(30)15-8-16-19(7-12(15)2)27-21(24)17-9-26-28(4)20(16)17/h6-10H,5,11H2,1-4H3,(H2,24,27). The molecule has 3 heterocycles. The lowest BCUT2D eigenvalue weighted by molar-refractivity contribution is 0.0750. The van der Waals surface area contributed by atoms with Gasteiger partial charge in [0.2, 0.25) is 0 Å². The van der Waals surface area contributed by atoms with E-state index in [2.05, 4.69) is 31.0 Å². The molecule has 0 bridgehead atoms. The van der Waals surface area contributed by atoms with Crippen LogP contribution in [-0.4, -0.2) is 37.1 Å². The maximum absolute atomic E-state index is 13.4. The lowest BCUT2D eigenvalue weighted by Gasteiger charge is -2.22. The van der Waals surface area contributed by atoms with Gasteiger partial charge in [0, 0.05) is 35.2 Å². The molecule has 4 aromatic rings. The van der Waals surface area contributed by atoms with Crippen molar-refractivity contribution >= 4 is 49.5 Å². The quantitative estimate of drug-likeness (QED) is 0.487. The maximum atomic E-state index is 13.4. The first-order valence-corrected chi connectivity index (χ1v) is 10.5. The van der Waals surface area contributed by atoms with Gasteiger partial charge in [0.25, 0.3) is 5.91 Å². The average Bonchev–Trinajstić information content (AvgIpc) is 3.10. The van der Waals surface area contributed by atoms with Crippen LogP contribution in [0.2, 0.25) is 0 Å². The molecule has 0 radical (unpaired) electrons. The fourth-order valence-electron chi connectivity index (χ4n) is 3.72. The molecule has 0 aliphatic heterocycles. The van der Waals surface area contributed by atoms with Gasteiger partial charge < -0.3 is 10.6 Å². The van der Waals surface area contributed by atoms with Gasteiger partial charge in [-0.05, 0) is 66.0 Å². The van der Waals surface area contributed by atoms with Crippen LogP contribution in [0.25, 0.3) is 21.8 Å². The van der Waals surface area contributed by atoms with Crippen molar-refractivity contribution in [3.63, 3.8) is 0 Å². The number of halogens is 1. The van der Waals surface area contributed by atoms with Gasteiger partial charge in [-0.15, -0.1) is 0 Å². The van der Waals surface area contributed by atoms with Crippen molar-refractivity contribution in [2.24, 2.45) is 7.05 Å². The Morgan fingerprint density at radius 2 is 1.93 bits per heavy atom. The minimum absolute atomic E-state index is 0.0357. The van der Waals surface area contributed by atoms with Crippen LogP contribution < -0.4 is 5.73 Å². The highest BCUT2D eigenvalue weighted by molar-refractivity contribution is 9.10. The van der Waals surface area contributed by atoms with E-state index in [1.165, 1.54) is 0 Å². The van der Waals surface area contributed by atoms with Gasteiger partial charge in [0.15, 0.2) is 0 Å². The summed E-state index contributed by atoms with van der Waals surface area (Å²) in [6.45, 7) is 6.93. The zero-order chi connectivity index (χ0) is 21.6. The predicted molar refractivity (Wildman–Crippen MR) is 122 cm³/mol. The number of rotatable bonds is 4. The topological polar surface area (TPSA) is 89.9 Å². The van der Waals surface area contributed by atoms with Crippen LogP contribution in [0.5, 0.6) is 0 Å². The minimum atomic E-state index is -0.0357. The van der Waals surface area contributed by atoms with Crippen molar-refractivity contribution in [2.75, 3.05) is 12.3 Å². The van der Waals surface area contributed by atoms with Crippen molar-refractivity contribution in [1.29, 1.82) is 0 Å². The van der Waals surface area contributed by atoms with E-state index in [0.29, 0.717) is 24.5 Å². The molecule has 0 aliphatic rings. The summed E-state index contributed by atoms with van der Waals surface area (Å²) in [7, 11) is 1.86. The molecule has 8 heteroatoms. The van der Waals surface area contributed by atoms with Crippen LogP contribution in [-0.2, 0) is 13.6 Å². The number of nitrogen functional groups attached to an aromatic ring is 1. The molecule has 7 nitrogen and oxygen atoms in total. The van der Waals surface area contributed by atoms with Crippen LogP contribution in [0.3, 0.4) is 0 Å². The second-order valence-electron chi connectivity index (χ2n) is 7.46. The average molecular weight is 467 g/mol. The molecule has 1 amide bonds. The summed E-state index contributed by atoms with van der Waals surface area (Å²) in [5.74, 6) is 0.405. The van der Waals surface area contributed by atoms with Gasteiger partial charge in [-0.3, -0.25) is 14.5 Å². The van der Waals surface area contributed by atoms with Gasteiger partial charge in [0.1, 0.15) is 5.82 Å². The van der Waals surface area contributed by atoms with E-state index >= 15 is 0 Å². The number of benzene rings is 1. The molecule has 0 unspecified atom stereocenters. The van der Waals surface area contributed by atoms with Crippen LogP contribution in [0.4, 0.5) is 5.82 Å². The Morgan fingerprint density at radius 3 is 2.63 bits per heavy atom. The lowest BCUT2D eigenvalue weighted by Crippen LogP contribution is -2.31. The molecule has 3 aromatic heterocycles. The molecule has 4 rings (SSSR count). The van der Waals surface area contributed by atoms with Crippen molar-refractivity contribution in [1.82, 2.24) is 24.6 Å². The highest BCUT2D eigenvalue weighted by atomic mass is 79.9. The van der Waals surface area contributed by atoms with Crippen molar-refractivity contribution in [2.45, 2.75) is 27.3 Å². The number of anilines is 1. The molecule has 1 aromatic carbocycles. The summed E-state index contributed by atoms with van der Waals surface area (Å²) in [5.41, 5.74) is 11.2. The fraction of sp³-hybridized carbons (Fsp3) is 0.273. The smallest absolute Gasteiger partial charge is 0.254 e. The van der Waals surface area contributed by atoms with Gasteiger partial charge in [-0.2, -0.15) is 5.10 Å². The molecular weight excluding hydrogens is 444 g/mol. The molecule has 0 saturated carbocycles. The number of carbonyl (C=O) groups excluding carboxylic acids is 1. The number of pyridine rings is 2. The van der Waals surface area contributed by atoms with Gasteiger partial charge in [-0.1, -0.05) is 0 Å². The normalized spacial score (nSPS) is 11.4. The molecule has 2 N–H and O–H groups in total. The number of carbonyl (C=O) groups is 1. The second-order valence-corrected chi connectivity index (χ2v) is 8.31. The lowest BCUT2D eigenvalue weighted by atomic mass is 10.0. The highest BCUT2D eigenvalue weighted by Crippen LogP contribution is 2.30. The summed E-state index contributed by atoms with van der Waals surface area (Å²) in [4.78, 5) is 24.2. The van der Waals surface area contributed by atoms with E-state index < -0.39 is 0 Å². The zero-order valence-electron chi connectivity index (χ0n) is 17.4. The zero-order valence-corrected chi connectivity index (χ0v) is 19.0. The number of aromatic nitrogens is 4. The fourth-order valence-corrected chi connectivity index (χ4v) is 3.93. The Balaban J connectivity index is 1.78. The largest absolute Gasteiger partial charge is 0.383 e. The SMILES string of the molecule is CCN(Cc1cc(C)c(Br)cn1)C(=O)c1cc2c(cc1C)nc(N)c1cnn(C)c12. The first-order valence-electron chi connectivity index (χ1n) is 9.72. The molecule has 0 fully saturated rings. The third kappa shape index (κ3) is 3.41. The van der Waals surface area contributed by atoms with Crippen LogP contribution >= 0.6 is 15.9 Å². The molecule has 0 saturated heterocycles.